The van der Waals surface area contributed by atoms with Crippen molar-refractivity contribution in [1.29, 1.82) is 0 Å². The van der Waals surface area contributed by atoms with Crippen LogP contribution in [0.25, 0.3) is 0 Å². The molecule has 0 bridgehead atoms. The van der Waals surface area contributed by atoms with E-state index in [2.05, 4.69) is 10.5 Å². The number of rotatable bonds is 4. The van der Waals surface area contributed by atoms with Gasteiger partial charge in [-0.2, -0.15) is 0 Å². The highest BCUT2D eigenvalue weighted by molar-refractivity contribution is 6.25. The Hall–Kier alpha value is -1.14. The Morgan fingerprint density at radius 1 is 1.82 bits per heavy atom. The molecule has 1 amide bonds. The monoisotopic (exact) mass is 161 g/mol. The van der Waals surface area contributed by atoms with Gasteiger partial charge in [-0.05, 0) is 0 Å². The molecule has 0 saturated carbocycles. The first-order chi connectivity index (χ1) is 5.20. The van der Waals surface area contributed by atoms with E-state index in [0.29, 0.717) is 6.21 Å². The molecule has 0 aromatic carbocycles. The minimum absolute atomic E-state index is 0.0569. The van der Waals surface area contributed by atoms with Gasteiger partial charge in [0.05, 0.1) is 6.10 Å². The summed E-state index contributed by atoms with van der Waals surface area (Å²) in [5, 5.41) is 21.5. The van der Waals surface area contributed by atoms with E-state index in [4.69, 9.17) is 16.0 Å². The number of nitrogens with two attached hydrogens (primary N) is 1. The summed E-state index contributed by atoms with van der Waals surface area (Å²) >= 11 is 0. The number of hydrogen-bond acceptors (Lipinski definition) is 5. The number of oxime groups is 1. The summed E-state index contributed by atoms with van der Waals surface area (Å²) in [4.78, 5) is 10.5. The quantitative estimate of drug-likeness (QED) is 0.215. The van der Waals surface area contributed by atoms with Crippen LogP contribution >= 0.6 is 0 Å². The zero-order valence-electron chi connectivity index (χ0n) is 5.90. The molecular formula is C5H11N3O3. The Balaban J connectivity index is 3.45. The van der Waals surface area contributed by atoms with Crippen molar-refractivity contribution in [2.45, 2.75) is 6.10 Å². The van der Waals surface area contributed by atoms with Gasteiger partial charge in [0.15, 0.2) is 0 Å². The first-order valence-electron chi connectivity index (χ1n) is 3.04. The van der Waals surface area contributed by atoms with Crippen LogP contribution < -0.4 is 11.1 Å². The maximum Gasteiger partial charge on any atom is 0.265 e. The standard InChI is InChI=1S/C5H11N3O3/c6-1-4(9)2-7-5(10)3-8-11/h3-4,9,11H,1-2,6H2,(H,7,10)/b8-3+. The lowest BCUT2D eigenvalue weighted by Crippen LogP contribution is -2.36. The summed E-state index contributed by atoms with van der Waals surface area (Å²) in [6, 6.07) is 0. The minimum Gasteiger partial charge on any atom is -0.411 e. The number of nitrogens with zero attached hydrogens (tertiary/aromatic N) is 1. The second-order valence-corrected chi connectivity index (χ2v) is 1.88. The minimum atomic E-state index is -0.758. The molecule has 0 fully saturated rings. The summed E-state index contributed by atoms with van der Waals surface area (Å²) in [6.45, 7) is 0.137. The summed E-state index contributed by atoms with van der Waals surface area (Å²) in [5.74, 6) is -0.569. The zero-order valence-corrected chi connectivity index (χ0v) is 5.90. The third-order valence-corrected chi connectivity index (χ3v) is 0.959. The van der Waals surface area contributed by atoms with Gasteiger partial charge in [0, 0.05) is 13.1 Å². The molecule has 0 aromatic rings. The third kappa shape index (κ3) is 5.31. The molecule has 0 radical (unpaired) electrons. The fraction of sp³-hybridized carbons (Fsp3) is 0.600. The maximum atomic E-state index is 10.5. The molecule has 0 rings (SSSR count). The van der Waals surface area contributed by atoms with Crippen LogP contribution in [-0.4, -0.2) is 41.6 Å². The van der Waals surface area contributed by atoms with E-state index >= 15 is 0 Å². The van der Waals surface area contributed by atoms with Gasteiger partial charge in [0.2, 0.25) is 0 Å². The van der Waals surface area contributed by atoms with E-state index in [-0.39, 0.29) is 13.1 Å². The lowest BCUT2D eigenvalue weighted by molar-refractivity contribution is -0.114. The average molecular weight is 161 g/mol. The van der Waals surface area contributed by atoms with Crippen LogP contribution in [0.4, 0.5) is 0 Å². The van der Waals surface area contributed by atoms with Gasteiger partial charge >= 0.3 is 0 Å². The first kappa shape index (κ1) is 9.86. The lowest BCUT2D eigenvalue weighted by Gasteiger charge is -2.06. The molecule has 0 heterocycles. The highest BCUT2D eigenvalue weighted by Gasteiger charge is 2.01. The van der Waals surface area contributed by atoms with Gasteiger partial charge in [-0.15, -0.1) is 0 Å². The Labute approximate surface area is 63.7 Å². The number of nitrogens with one attached hydrogen (secondary N) is 1. The molecule has 6 nitrogen and oxygen atoms in total. The number of aliphatic hydroxyl groups is 1. The topological polar surface area (TPSA) is 108 Å². The van der Waals surface area contributed by atoms with Crippen molar-refractivity contribution >= 4 is 12.1 Å². The van der Waals surface area contributed by atoms with Crippen molar-refractivity contribution in [2.24, 2.45) is 10.9 Å². The van der Waals surface area contributed by atoms with Gasteiger partial charge in [-0.3, -0.25) is 4.79 Å². The number of carbonyl (C=O) groups excluding carboxylic acids is 1. The predicted molar refractivity (Wildman–Crippen MR) is 38.3 cm³/mol. The molecule has 5 N–H and O–H groups in total. The first-order valence-corrected chi connectivity index (χ1v) is 3.04. The maximum absolute atomic E-state index is 10.5. The molecule has 11 heavy (non-hydrogen) atoms. The molecule has 0 spiro atoms. The van der Waals surface area contributed by atoms with Crippen molar-refractivity contribution in [3.63, 3.8) is 0 Å². The molecule has 6 heteroatoms. The molecule has 0 aliphatic carbocycles. The van der Waals surface area contributed by atoms with Gasteiger partial charge in [0.1, 0.15) is 6.21 Å². The van der Waals surface area contributed by atoms with E-state index in [1.807, 2.05) is 0 Å². The molecule has 0 aliphatic heterocycles. The normalized spacial score (nSPS) is 13.3. The van der Waals surface area contributed by atoms with Crippen molar-refractivity contribution < 1.29 is 15.1 Å². The average Bonchev–Trinajstić information content (AvgIpc) is 2.01. The van der Waals surface area contributed by atoms with Gasteiger partial charge in [-0.25, -0.2) is 0 Å². The molecular weight excluding hydrogens is 150 g/mol. The Morgan fingerprint density at radius 2 is 2.45 bits per heavy atom. The summed E-state index contributed by atoms with van der Waals surface area (Å²) < 4.78 is 0. The molecule has 0 saturated heterocycles. The van der Waals surface area contributed by atoms with E-state index in [0.717, 1.165) is 0 Å². The number of aliphatic hydroxyl groups excluding tert-OH is 1. The van der Waals surface area contributed by atoms with Crippen LogP contribution in [-0.2, 0) is 4.79 Å². The number of hydrogen-bond donors (Lipinski definition) is 4. The van der Waals surface area contributed by atoms with Crippen molar-refractivity contribution in [1.82, 2.24) is 5.32 Å². The third-order valence-electron chi connectivity index (χ3n) is 0.959. The highest BCUT2D eigenvalue weighted by atomic mass is 16.4. The van der Waals surface area contributed by atoms with Gasteiger partial charge < -0.3 is 21.4 Å². The molecule has 1 atom stereocenters. The second-order valence-electron chi connectivity index (χ2n) is 1.88. The smallest absolute Gasteiger partial charge is 0.265 e. The number of carbonyl (C=O) groups is 1. The summed E-state index contributed by atoms with van der Waals surface area (Å²) in [5.41, 5.74) is 5.05. The van der Waals surface area contributed by atoms with Crippen LogP contribution in [0.3, 0.4) is 0 Å². The van der Waals surface area contributed by atoms with Crippen LogP contribution in [0.15, 0.2) is 5.16 Å². The Kier molecular flexibility index (Phi) is 5.05. The van der Waals surface area contributed by atoms with E-state index in [1.54, 1.807) is 0 Å². The molecule has 1 unspecified atom stereocenters. The summed E-state index contributed by atoms with van der Waals surface area (Å²) in [6.07, 6.45) is -0.0606. The van der Waals surface area contributed by atoms with Crippen molar-refractivity contribution in [3.05, 3.63) is 0 Å². The molecule has 0 aliphatic rings. The Morgan fingerprint density at radius 3 is 2.91 bits per heavy atom. The van der Waals surface area contributed by atoms with Crippen LogP contribution in [0.1, 0.15) is 0 Å². The molecule has 0 aromatic heterocycles. The second kappa shape index (κ2) is 5.63. The SMILES string of the molecule is NCC(O)CNC(=O)/C=N/O. The fourth-order valence-corrected chi connectivity index (χ4v) is 0.400. The zero-order chi connectivity index (χ0) is 8.69. The van der Waals surface area contributed by atoms with Gasteiger partial charge in [0.25, 0.3) is 5.91 Å². The van der Waals surface area contributed by atoms with E-state index in [9.17, 15) is 4.79 Å². The van der Waals surface area contributed by atoms with Crippen molar-refractivity contribution in [2.75, 3.05) is 13.1 Å². The highest BCUT2D eigenvalue weighted by Crippen LogP contribution is 1.73. The molecule has 64 valence electrons. The van der Waals surface area contributed by atoms with Crippen LogP contribution in [0, 0.1) is 0 Å². The van der Waals surface area contributed by atoms with E-state index < -0.39 is 12.0 Å². The van der Waals surface area contributed by atoms with E-state index in [1.165, 1.54) is 0 Å². The largest absolute Gasteiger partial charge is 0.411 e. The lowest BCUT2D eigenvalue weighted by atomic mass is 10.3. The Bertz CT molecular complexity index is 148. The summed E-state index contributed by atoms with van der Waals surface area (Å²) in [7, 11) is 0. The van der Waals surface area contributed by atoms with Crippen molar-refractivity contribution in [3.8, 4) is 0 Å². The van der Waals surface area contributed by atoms with Gasteiger partial charge in [-0.1, -0.05) is 5.16 Å². The van der Waals surface area contributed by atoms with Crippen LogP contribution in [0.2, 0.25) is 0 Å². The fourth-order valence-electron chi connectivity index (χ4n) is 0.400. The number of amides is 1. The predicted octanol–water partition coefficient (Wildman–Crippen LogP) is -2.12. The van der Waals surface area contributed by atoms with Crippen LogP contribution in [0.5, 0.6) is 0 Å².